The number of aromatic amines is 1. The number of thiazole rings is 1. The van der Waals surface area contributed by atoms with Gasteiger partial charge in [0.2, 0.25) is 0 Å². The number of benzene rings is 2. The number of H-pyrrole nitrogens is 1. The molecule has 1 N–H and O–H groups in total. The molecule has 0 spiro atoms. The lowest BCUT2D eigenvalue weighted by Gasteiger charge is -2.27. The van der Waals surface area contributed by atoms with Gasteiger partial charge in [-0.25, -0.2) is 4.98 Å². The molecule has 7 rings (SSSR count). The number of rotatable bonds is 4. The van der Waals surface area contributed by atoms with Gasteiger partial charge in [-0.3, -0.25) is 4.90 Å². The number of nitrogens with one attached hydrogen (secondary N) is 1. The summed E-state index contributed by atoms with van der Waals surface area (Å²) in [6.45, 7) is 2.92. The zero-order valence-corrected chi connectivity index (χ0v) is 20.4. The van der Waals surface area contributed by atoms with Crippen LogP contribution in [-0.4, -0.2) is 26.4 Å². The van der Waals surface area contributed by atoms with Crippen molar-refractivity contribution in [3.63, 3.8) is 0 Å². The summed E-state index contributed by atoms with van der Waals surface area (Å²) in [5.41, 5.74) is 4.52. The van der Waals surface area contributed by atoms with E-state index in [2.05, 4.69) is 44.2 Å². The maximum Gasteiger partial charge on any atom is 0.281 e. The third-order valence-electron chi connectivity index (χ3n) is 6.36. The summed E-state index contributed by atoms with van der Waals surface area (Å²) in [6, 6.07) is 16.4. The SMILES string of the molecule is Clc1ccc2sc3c(c2c1)CN(Cc1c[nH]c2cc(Oc4nc5ncccc5s4)ccc12)CC3. The zero-order valence-electron chi connectivity index (χ0n) is 18.0. The molecule has 0 unspecified atom stereocenters. The molecule has 5 heterocycles. The molecule has 0 saturated heterocycles. The van der Waals surface area contributed by atoms with E-state index >= 15 is 0 Å². The summed E-state index contributed by atoms with van der Waals surface area (Å²) in [5.74, 6) is 0.768. The van der Waals surface area contributed by atoms with Gasteiger partial charge in [0.25, 0.3) is 5.19 Å². The fourth-order valence-corrected chi connectivity index (χ4v) is 6.89. The van der Waals surface area contributed by atoms with Crippen molar-refractivity contribution in [1.82, 2.24) is 19.9 Å². The summed E-state index contributed by atoms with van der Waals surface area (Å²) < 4.78 is 8.39. The average molecular weight is 503 g/mol. The van der Waals surface area contributed by atoms with Gasteiger partial charge in [0, 0.05) is 63.6 Å². The third kappa shape index (κ3) is 3.56. The lowest BCUT2D eigenvalue weighted by Crippen LogP contribution is -2.29. The highest BCUT2D eigenvalue weighted by Gasteiger charge is 2.22. The van der Waals surface area contributed by atoms with Crippen LogP contribution in [0.15, 0.2) is 60.9 Å². The highest BCUT2D eigenvalue weighted by Crippen LogP contribution is 2.37. The van der Waals surface area contributed by atoms with Gasteiger partial charge in [-0.1, -0.05) is 22.9 Å². The molecule has 4 aromatic heterocycles. The number of hydrogen-bond donors (Lipinski definition) is 1. The van der Waals surface area contributed by atoms with Crippen LogP contribution in [0.5, 0.6) is 10.9 Å². The standard InChI is InChI=1S/C26H19ClN4OS2/c27-16-3-6-22-19(10-16)20-14-31(9-7-23(20)33-22)13-15-12-29-21-11-17(4-5-18(15)21)32-26-30-25-24(34-26)2-1-8-28-25/h1-6,8,10-12,29H,7,9,13-14H2. The van der Waals surface area contributed by atoms with Crippen molar-refractivity contribution < 1.29 is 4.74 Å². The summed E-state index contributed by atoms with van der Waals surface area (Å²) in [5, 5.41) is 3.94. The van der Waals surface area contributed by atoms with E-state index in [-0.39, 0.29) is 0 Å². The molecule has 0 saturated carbocycles. The van der Waals surface area contributed by atoms with Crippen molar-refractivity contribution >= 4 is 65.6 Å². The van der Waals surface area contributed by atoms with Gasteiger partial charge in [-0.2, -0.15) is 4.98 Å². The van der Waals surface area contributed by atoms with Crippen molar-refractivity contribution in [3.05, 3.63) is 82.0 Å². The van der Waals surface area contributed by atoms with E-state index in [1.54, 1.807) is 6.20 Å². The minimum atomic E-state index is 0.604. The van der Waals surface area contributed by atoms with Gasteiger partial charge >= 0.3 is 0 Å². The van der Waals surface area contributed by atoms with Crippen LogP contribution in [0, 0.1) is 0 Å². The predicted octanol–water partition coefficient (Wildman–Crippen LogP) is 7.39. The smallest absolute Gasteiger partial charge is 0.281 e. The Balaban J connectivity index is 1.12. The summed E-state index contributed by atoms with van der Waals surface area (Å²) in [7, 11) is 0. The van der Waals surface area contributed by atoms with Crippen LogP contribution in [0.25, 0.3) is 31.3 Å². The molecular formula is C26H19ClN4OS2. The maximum atomic E-state index is 6.29. The summed E-state index contributed by atoms with van der Waals surface area (Å²) >= 11 is 9.70. The third-order valence-corrected chi connectivity index (χ3v) is 8.75. The molecule has 1 aliphatic rings. The monoisotopic (exact) mass is 502 g/mol. The molecule has 0 radical (unpaired) electrons. The van der Waals surface area contributed by atoms with E-state index in [9.17, 15) is 0 Å². The van der Waals surface area contributed by atoms with E-state index < -0.39 is 0 Å². The van der Waals surface area contributed by atoms with Crippen molar-refractivity contribution in [2.45, 2.75) is 19.5 Å². The fraction of sp³-hybridized carbons (Fsp3) is 0.154. The molecule has 0 fully saturated rings. The van der Waals surface area contributed by atoms with Crippen LogP contribution in [0.4, 0.5) is 0 Å². The second kappa shape index (κ2) is 8.06. The number of halogens is 1. The molecule has 168 valence electrons. The van der Waals surface area contributed by atoms with E-state index in [0.29, 0.717) is 5.19 Å². The minimum Gasteiger partial charge on any atom is -0.431 e. The number of pyridine rings is 1. The van der Waals surface area contributed by atoms with Crippen LogP contribution in [-0.2, 0) is 19.5 Å². The van der Waals surface area contributed by atoms with Crippen LogP contribution in [0.2, 0.25) is 5.02 Å². The number of nitrogens with zero attached hydrogens (tertiary/aromatic N) is 3. The Morgan fingerprint density at radius 2 is 2.03 bits per heavy atom. The number of thiophene rings is 1. The molecule has 6 aromatic rings. The van der Waals surface area contributed by atoms with Gasteiger partial charge in [0.1, 0.15) is 5.75 Å². The second-order valence-electron chi connectivity index (χ2n) is 8.53. The Labute approximate surface area is 208 Å². The Bertz CT molecular complexity index is 1650. The maximum absolute atomic E-state index is 6.29. The molecule has 5 nitrogen and oxygen atoms in total. The van der Waals surface area contributed by atoms with Gasteiger partial charge in [-0.05, 0) is 65.4 Å². The lowest BCUT2D eigenvalue weighted by molar-refractivity contribution is 0.249. The van der Waals surface area contributed by atoms with Gasteiger partial charge < -0.3 is 9.72 Å². The average Bonchev–Trinajstić information content (AvgIpc) is 3.54. The van der Waals surface area contributed by atoms with Crippen LogP contribution in [0.1, 0.15) is 16.0 Å². The van der Waals surface area contributed by atoms with Crippen LogP contribution in [0.3, 0.4) is 0 Å². The van der Waals surface area contributed by atoms with Gasteiger partial charge in [0.15, 0.2) is 5.65 Å². The first-order valence-electron chi connectivity index (χ1n) is 11.1. The van der Waals surface area contributed by atoms with Crippen LogP contribution >= 0.6 is 34.3 Å². The lowest BCUT2D eigenvalue weighted by atomic mass is 10.0. The first-order chi connectivity index (χ1) is 16.7. The highest BCUT2D eigenvalue weighted by molar-refractivity contribution is 7.20. The van der Waals surface area contributed by atoms with Crippen LogP contribution < -0.4 is 4.74 Å². The normalized spacial score (nSPS) is 14.3. The fourth-order valence-electron chi connectivity index (χ4n) is 4.74. The molecule has 8 heteroatoms. The molecule has 34 heavy (non-hydrogen) atoms. The number of hydrogen-bond acceptors (Lipinski definition) is 6. The predicted molar refractivity (Wildman–Crippen MR) is 140 cm³/mol. The second-order valence-corrected chi connectivity index (χ2v) is 11.1. The van der Waals surface area contributed by atoms with Crippen molar-refractivity contribution in [2.24, 2.45) is 0 Å². The Morgan fingerprint density at radius 3 is 2.97 bits per heavy atom. The van der Waals surface area contributed by atoms with Gasteiger partial charge in [0.05, 0.1) is 4.70 Å². The number of aromatic nitrogens is 3. The molecule has 0 bridgehead atoms. The van der Waals surface area contributed by atoms with E-state index in [1.807, 2.05) is 41.7 Å². The molecular weight excluding hydrogens is 484 g/mol. The van der Waals surface area contributed by atoms with E-state index in [1.165, 1.54) is 42.8 Å². The van der Waals surface area contributed by atoms with E-state index in [4.69, 9.17) is 16.3 Å². The highest BCUT2D eigenvalue weighted by atomic mass is 35.5. The minimum absolute atomic E-state index is 0.604. The van der Waals surface area contributed by atoms with Crippen molar-refractivity contribution in [1.29, 1.82) is 0 Å². The van der Waals surface area contributed by atoms with E-state index in [0.717, 1.165) is 52.7 Å². The molecule has 2 aromatic carbocycles. The largest absolute Gasteiger partial charge is 0.431 e. The molecule has 0 aliphatic carbocycles. The first kappa shape index (κ1) is 20.4. The zero-order chi connectivity index (χ0) is 22.6. The number of fused-ring (bicyclic) bond motifs is 5. The topological polar surface area (TPSA) is 54.0 Å². The van der Waals surface area contributed by atoms with Crippen molar-refractivity contribution in [2.75, 3.05) is 6.54 Å². The Hall–Kier alpha value is -2.97. The first-order valence-corrected chi connectivity index (χ1v) is 13.1. The Kier molecular flexibility index (Phi) is 4.84. The molecule has 0 atom stereocenters. The molecule has 0 amide bonds. The summed E-state index contributed by atoms with van der Waals surface area (Å²) in [4.78, 5) is 16.2. The van der Waals surface area contributed by atoms with Gasteiger partial charge in [-0.15, -0.1) is 11.3 Å². The Morgan fingerprint density at radius 1 is 1.06 bits per heavy atom. The van der Waals surface area contributed by atoms with Crippen molar-refractivity contribution in [3.8, 4) is 10.9 Å². The summed E-state index contributed by atoms with van der Waals surface area (Å²) in [6.07, 6.45) is 4.95. The number of ether oxygens (including phenoxy) is 1. The molecule has 1 aliphatic heterocycles. The quantitative estimate of drug-likeness (QED) is 0.273.